The van der Waals surface area contributed by atoms with E-state index in [9.17, 15) is 9.59 Å². The maximum Gasteiger partial charge on any atom is 0.312 e. The fourth-order valence-corrected chi connectivity index (χ4v) is 2.24. The molecule has 0 aliphatic carbocycles. The van der Waals surface area contributed by atoms with Crippen molar-refractivity contribution in [2.24, 2.45) is 5.92 Å². The Balaban J connectivity index is 2.62. The van der Waals surface area contributed by atoms with E-state index in [0.717, 1.165) is 19.4 Å². The summed E-state index contributed by atoms with van der Waals surface area (Å²) in [6.45, 7) is 9.33. The van der Waals surface area contributed by atoms with Crippen LogP contribution in [0.4, 0.5) is 0 Å². The topological polar surface area (TPSA) is 52.6 Å². The van der Waals surface area contributed by atoms with Gasteiger partial charge >= 0.3 is 11.8 Å². The second-order valence-electron chi connectivity index (χ2n) is 5.42. The van der Waals surface area contributed by atoms with E-state index < -0.39 is 0 Å². The fourth-order valence-electron chi connectivity index (χ4n) is 2.24. The Morgan fingerprint density at radius 1 is 1.21 bits per heavy atom. The van der Waals surface area contributed by atoms with Gasteiger partial charge in [-0.25, -0.2) is 0 Å². The van der Waals surface area contributed by atoms with E-state index >= 15 is 0 Å². The van der Waals surface area contributed by atoms with Gasteiger partial charge in [0.2, 0.25) is 0 Å². The Labute approximate surface area is 116 Å². The molecule has 0 aromatic rings. The molecule has 0 aromatic heterocycles. The summed E-state index contributed by atoms with van der Waals surface area (Å²) >= 11 is 0. The summed E-state index contributed by atoms with van der Waals surface area (Å²) in [6.07, 6.45) is 2.14. The molecule has 0 radical (unpaired) electrons. The number of carbonyl (C=O) groups is 2. The average molecular weight is 269 g/mol. The van der Waals surface area contributed by atoms with Crippen LogP contribution < -0.4 is 5.32 Å². The zero-order chi connectivity index (χ0) is 14.4. The van der Waals surface area contributed by atoms with Crippen molar-refractivity contribution in [2.45, 2.75) is 39.7 Å². The first-order valence-corrected chi connectivity index (χ1v) is 7.28. The Bertz CT molecular complexity index is 320. The summed E-state index contributed by atoms with van der Waals surface area (Å²) < 4.78 is 0. The van der Waals surface area contributed by atoms with Crippen molar-refractivity contribution in [3.8, 4) is 0 Å². The zero-order valence-corrected chi connectivity index (χ0v) is 12.6. The number of rotatable bonds is 7. The van der Waals surface area contributed by atoms with Crippen LogP contribution in [-0.4, -0.2) is 60.9 Å². The van der Waals surface area contributed by atoms with Gasteiger partial charge in [-0.2, -0.15) is 0 Å². The highest BCUT2D eigenvalue weighted by Gasteiger charge is 2.32. The van der Waals surface area contributed by atoms with Crippen molar-refractivity contribution in [3.05, 3.63) is 0 Å². The van der Waals surface area contributed by atoms with Crippen LogP contribution in [0, 0.1) is 5.92 Å². The van der Waals surface area contributed by atoms with E-state index in [0.29, 0.717) is 25.6 Å². The van der Waals surface area contributed by atoms with Crippen LogP contribution in [0.1, 0.15) is 33.6 Å². The molecule has 1 N–H and O–H groups in total. The predicted molar refractivity (Wildman–Crippen MR) is 75.8 cm³/mol. The Morgan fingerprint density at radius 2 is 1.89 bits per heavy atom. The van der Waals surface area contributed by atoms with Gasteiger partial charge in [0.15, 0.2) is 0 Å². The molecule has 1 heterocycles. The van der Waals surface area contributed by atoms with Crippen LogP contribution in [0.25, 0.3) is 0 Å². The van der Waals surface area contributed by atoms with Crippen molar-refractivity contribution in [1.29, 1.82) is 0 Å². The first kappa shape index (κ1) is 16.0. The molecular weight excluding hydrogens is 242 g/mol. The monoisotopic (exact) mass is 269 g/mol. The molecule has 0 aromatic carbocycles. The molecule has 19 heavy (non-hydrogen) atoms. The zero-order valence-electron chi connectivity index (χ0n) is 12.6. The molecule has 0 bridgehead atoms. The third-order valence-electron chi connectivity index (χ3n) is 3.93. The lowest BCUT2D eigenvalue weighted by atomic mass is 9.98. The molecule has 2 atom stereocenters. The first-order chi connectivity index (χ1) is 9.01. The number of likely N-dealkylation sites (N-methyl/N-ethyl adjacent to an activating group) is 1. The van der Waals surface area contributed by atoms with Crippen molar-refractivity contribution >= 4 is 11.8 Å². The number of nitrogens with zero attached hydrogens (tertiary/aromatic N) is 2. The van der Waals surface area contributed by atoms with E-state index in [1.807, 2.05) is 0 Å². The van der Waals surface area contributed by atoms with E-state index in [1.165, 1.54) is 4.90 Å². The number of hydrogen-bond acceptors (Lipinski definition) is 3. The van der Waals surface area contributed by atoms with Crippen LogP contribution >= 0.6 is 0 Å². The molecule has 1 saturated heterocycles. The second-order valence-corrected chi connectivity index (χ2v) is 5.42. The molecule has 5 nitrogen and oxygen atoms in total. The summed E-state index contributed by atoms with van der Waals surface area (Å²) in [5, 5.41) is 3.50. The number of nitrogens with one attached hydrogen (secondary N) is 1. The largest absolute Gasteiger partial charge is 0.336 e. The van der Waals surface area contributed by atoms with E-state index in [4.69, 9.17) is 0 Å². The van der Waals surface area contributed by atoms with Gasteiger partial charge in [-0.05, 0) is 18.9 Å². The predicted octanol–water partition coefficient (Wildman–Crippen LogP) is 0.701. The molecule has 1 aliphatic heterocycles. The molecule has 110 valence electrons. The van der Waals surface area contributed by atoms with E-state index in [1.54, 1.807) is 11.9 Å². The lowest BCUT2D eigenvalue weighted by Crippen LogP contribution is -2.56. The summed E-state index contributed by atoms with van der Waals surface area (Å²) in [5.74, 6) is -0.251. The van der Waals surface area contributed by atoms with Crippen molar-refractivity contribution < 1.29 is 9.59 Å². The molecule has 1 rings (SSSR count). The minimum Gasteiger partial charge on any atom is -0.336 e. The van der Waals surface area contributed by atoms with Gasteiger partial charge in [0.05, 0.1) is 0 Å². The van der Waals surface area contributed by atoms with Gasteiger partial charge in [-0.1, -0.05) is 27.2 Å². The molecule has 1 fully saturated rings. The number of piperazine rings is 1. The summed E-state index contributed by atoms with van der Waals surface area (Å²) in [6, 6.07) is 0.269. The number of carbonyl (C=O) groups excluding carboxylic acids is 2. The normalized spacial score (nSPS) is 19.8. The van der Waals surface area contributed by atoms with Gasteiger partial charge in [0, 0.05) is 32.7 Å². The standard InChI is InChI=1S/C14H27N3O2/c1-5-7-15-12(11(3)6-2)10-17-9-8-16(4)13(18)14(17)19/h11-12,15H,5-10H2,1-4H3. The lowest BCUT2D eigenvalue weighted by molar-refractivity contribution is -0.155. The van der Waals surface area contributed by atoms with Gasteiger partial charge in [-0.3, -0.25) is 9.59 Å². The van der Waals surface area contributed by atoms with Crippen molar-refractivity contribution in [1.82, 2.24) is 15.1 Å². The van der Waals surface area contributed by atoms with E-state index in [-0.39, 0.29) is 17.9 Å². The summed E-state index contributed by atoms with van der Waals surface area (Å²) in [5.41, 5.74) is 0. The summed E-state index contributed by atoms with van der Waals surface area (Å²) in [4.78, 5) is 26.8. The van der Waals surface area contributed by atoms with Crippen molar-refractivity contribution in [2.75, 3.05) is 33.2 Å². The smallest absolute Gasteiger partial charge is 0.312 e. The van der Waals surface area contributed by atoms with E-state index in [2.05, 4.69) is 26.1 Å². The highest BCUT2D eigenvalue weighted by atomic mass is 16.2. The van der Waals surface area contributed by atoms with Gasteiger partial charge in [-0.15, -0.1) is 0 Å². The SMILES string of the molecule is CCCNC(CN1CCN(C)C(=O)C1=O)C(C)CC. The molecule has 2 unspecified atom stereocenters. The Hall–Kier alpha value is -1.10. The molecule has 0 spiro atoms. The average Bonchev–Trinajstić information content (AvgIpc) is 2.42. The minimum absolute atomic E-state index is 0.269. The number of amides is 2. The first-order valence-electron chi connectivity index (χ1n) is 7.28. The van der Waals surface area contributed by atoms with Gasteiger partial charge < -0.3 is 15.1 Å². The number of hydrogen-bond donors (Lipinski definition) is 1. The van der Waals surface area contributed by atoms with Crippen LogP contribution in [0.2, 0.25) is 0 Å². The van der Waals surface area contributed by atoms with Gasteiger partial charge in [0.1, 0.15) is 0 Å². The molecule has 1 aliphatic rings. The second kappa shape index (κ2) is 7.48. The maximum atomic E-state index is 12.0. The summed E-state index contributed by atoms with van der Waals surface area (Å²) in [7, 11) is 1.68. The van der Waals surface area contributed by atoms with Crippen LogP contribution in [0.3, 0.4) is 0 Å². The minimum atomic E-state index is -0.385. The third kappa shape index (κ3) is 4.20. The molecule has 5 heteroatoms. The van der Waals surface area contributed by atoms with Crippen LogP contribution in [0.5, 0.6) is 0 Å². The maximum absolute atomic E-state index is 12.0. The highest BCUT2D eigenvalue weighted by molar-refractivity contribution is 6.35. The molecule has 2 amide bonds. The Morgan fingerprint density at radius 3 is 2.47 bits per heavy atom. The molecule has 0 saturated carbocycles. The quantitative estimate of drug-likeness (QED) is 0.692. The molecular formula is C14H27N3O2. The van der Waals surface area contributed by atoms with Crippen molar-refractivity contribution in [3.63, 3.8) is 0 Å². The van der Waals surface area contributed by atoms with Gasteiger partial charge in [0.25, 0.3) is 0 Å². The fraction of sp³-hybridized carbons (Fsp3) is 0.857. The Kier molecular flexibility index (Phi) is 6.28. The lowest BCUT2D eigenvalue weighted by Gasteiger charge is -2.35. The van der Waals surface area contributed by atoms with Crippen LogP contribution in [0.15, 0.2) is 0 Å². The van der Waals surface area contributed by atoms with Crippen LogP contribution in [-0.2, 0) is 9.59 Å². The highest BCUT2D eigenvalue weighted by Crippen LogP contribution is 2.12. The third-order valence-corrected chi connectivity index (χ3v) is 3.93.